The lowest BCUT2D eigenvalue weighted by molar-refractivity contribution is -0.0596. The highest BCUT2D eigenvalue weighted by Crippen LogP contribution is 2.54. The van der Waals surface area contributed by atoms with Gasteiger partial charge in [0.25, 0.3) is 11.1 Å². The van der Waals surface area contributed by atoms with Crippen molar-refractivity contribution < 1.29 is 41.7 Å². The van der Waals surface area contributed by atoms with Crippen LogP contribution >= 0.6 is 13.4 Å². The van der Waals surface area contributed by atoms with E-state index in [1.54, 1.807) is 0 Å². The molecule has 2 bridgehead atoms. The third-order valence-corrected chi connectivity index (χ3v) is 10.3. The topological polar surface area (TPSA) is 249 Å². The zero-order valence-electron chi connectivity index (χ0n) is 21.9. The summed E-state index contributed by atoms with van der Waals surface area (Å²) in [6.45, 7) is -9.32. The van der Waals surface area contributed by atoms with Crippen LogP contribution in [0.1, 0.15) is 18.9 Å². The summed E-state index contributed by atoms with van der Waals surface area (Å²) in [5, 5.41) is 0. The van der Waals surface area contributed by atoms with Crippen molar-refractivity contribution in [2.24, 2.45) is 0 Å². The van der Waals surface area contributed by atoms with Gasteiger partial charge in [0, 0.05) is 6.42 Å². The Hall–Kier alpha value is -2.59. The first-order chi connectivity index (χ1) is 20.9. The molecule has 3 saturated heterocycles. The average molecular weight is 694 g/mol. The Balaban J connectivity index is 1.19. The lowest BCUT2D eigenvalue weighted by atomic mass is 10.1. The van der Waals surface area contributed by atoms with Gasteiger partial charge in [-0.3, -0.25) is 28.2 Å². The minimum Gasteiger partial charge on any atom is -0.369 e. The summed E-state index contributed by atoms with van der Waals surface area (Å²) in [4.78, 5) is 67.4. The lowest BCUT2D eigenvalue weighted by Gasteiger charge is -2.27. The zero-order valence-corrected chi connectivity index (χ0v) is 25.3. The van der Waals surface area contributed by atoms with Gasteiger partial charge < -0.3 is 43.5 Å². The van der Waals surface area contributed by atoms with Gasteiger partial charge in [-0.25, -0.2) is 19.3 Å². The van der Waals surface area contributed by atoms with Crippen molar-refractivity contribution >= 4 is 65.3 Å². The quantitative estimate of drug-likeness (QED) is 0.168. The van der Waals surface area contributed by atoms with Gasteiger partial charge in [0.15, 0.2) is 34.7 Å². The zero-order chi connectivity index (χ0) is 31.0. The molecule has 9 atom stereocenters. The molecule has 0 aliphatic carbocycles. The van der Waals surface area contributed by atoms with Gasteiger partial charge >= 0.3 is 13.4 Å². The fraction of sp³-hybridized carbons (Fsp3) is 0.500. The summed E-state index contributed by atoms with van der Waals surface area (Å²) >= 11 is 10.4. The van der Waals surface area contributed by atoms with Gasteiger partial charge in [-0.05, 0) is 23.6 Å². The minimum absolute atomic E-state index is 0.0563. The van der Waals surface area contributed by atoms with Crippen molar-refractivity contribution in [3.63, 3.8) is 0 Å². The van der Waals surface area contributed by atoms with Crippen molar-refractivity contribution in [1.82, 2.24) is 39.0 Å². The second-order valence-electron chi connectivity index (χ2n) is 9.95. The molecule has 2 unspecified atom stereocenters. The predicted molar refractivity (Wildman–Crippen MR) is 153 cm³/mol. The van der Waals surface area contributed by atoms with E-state index in [9.17, 15) is 19.4 Å². The largest absolute Gasteiger partial charge is 0.369 e. The van der Waals surface area contributed by atoms with Gasteiger partial charge in [-0.2, -0.15) is 4.98 Å². The van der Waals surface area contributed by atoms with Crippen LogP contribution in [-0.2, 0) is 51.2 Å². The van der Waals surface area contributed by atoms with Gasteiger partial charge in [-0.1, -0.05) is 0 Å². The third kappa shape index (κ3) is 5.44. The van der Waals surface area contributed by atoms with Crippen LogP contribution in [0, 0.1) is 0 Å². The van der Waals surface area contributed by atoms with Crippen molar-refractivity contribution in [2.75, 3.05) is 18.9 Å². The number of nitrogens with zero attached hydrogens (tertiary/aromatic N) is 6. The maximum Gasteiger partial charge on any atom is 0.325 e. The minimum atomic E-state index is -4.23. The van der Waals surface area contributed by atoms with E-state index in [0.717, 1.165) is 6.33 Å². The van der Waals surface area contributed by atoms with Gasteiger partial charge in [0.2, 0.25) is 5.95 Å². The molecule has 24 heteroatoms. The van der Waals surface area contributed by atoms with Crippen molar-refractivity contribution in [3.05, 3.63) is 39.7 Å². The SMILES string of the molecule is Nc1nc2c(ncn2[C@@H]2O[C@@H]3COP(O)(=S)O[C@@H]4C[C@H](n5cnc6c(=O)[nH]cnc65)O[C@@H]4COP(O)(=S)O[C@H]2[C@@H]3F)c(=O)[nH]1. The molecule has 4 aromatic rings. The van der Waals surface area contributed by atoms with Gasteiger partial charge in [0.05, 0.1) is 38.3 Å². The monoisotopic (exact) mass is 693 g/mol. The first-order valence-electron chi connectivity index (χ1n) is 12.8. The summed E-state index contributed by atoms with van der Waals surface area (Å²) in [6, 6.07) is 0. The normalized spacial score (nSPS) is 36.6. The van der Waals surface area contributed by atoms with E-state index < -0.39 is 80.8 Å². The van der Waals surface area contributed by atoms with Crippen LogP contribution in [0.2, 0.25) is 0 Å². The molecule has 3 aliphatic heterocycles. The van der Waals surface area contributed by atoms with E-state index in [2.05, 4.69) is 29.9 Å². The Morgan fingerprint density at radius 2 is 1.61 bits per heavy atom. The average Bonchev–Trinajstić information content (AvgIpc) is 3.72. The molecule has 4 aromatic heterocycles. The molecule has 6 N–H and O–H groups in total. The molecule has 7 heterocycles. The molecule has 0 saturated carbocycles. The number of hydrogen-bond acceptors (Lipinski definition) is 15. The van der Waals surface area contributed by atoms with Crippen molar-refractivity contribution in [3.8, 4) is 0 Å². The molecular weight excluding hydrogens is 671 g/mol. The van der Waals surface area contributed by atoms with Gasteiger partial charge in [-0.15, -0.1) is 0 Å². The van der Waals surface area contributed by atoms with Crippen LogP contribution in [0.25, 0.3) is 22.3 Å². The van der Waals surface area contributed by atoms with Crippen molar-refractivity contribution in [1.29, 1.82) is 0 Å². The molecule has 0 amide bonds. The second-order valence-corrected chi connectivity index (χ2v) is 15.5. The number of aromatic amines is 2. The highest BCUT2D eigenvalue weighted by Gasteiger charge is 2.51. The molecule has 19 nitrogen and oxygen atoms in total. The van der Waals surface area contributed by atoms with E-state index in [4.69, 9.17) is 56.9 Å². The maximum atomic E-state index is 15.8. The third-order valence-electron chi connectivity index (χ3n) is 7.17. The Morgan fingerprint density at radius 3 is 2.39 bits per heavy atom. The molecule has 7 rings (SSSR count). The van der Waals surface area contributed by atoms with E-state index in [-0.39, 0.29) is 34.7 Å². The highest BCUT2D eigenvalue weighted by atomic mass is 32.5. The standard InChI is InChI=1S/C20H22FN9O10P2S2/c21-11-9-3-36-41(33,43)39-7-1-10(29-5-25-12-15(29)23-4-24-17(12)31)37-8(7)2-35-42(34,44)40-14(11)19(38-9)30-6-26-13-16(30)27-20(22)28-18(13)32/h4-11,14,19H,1-3H2,(H,33,43)(H,34,44)(H,23,24,31)(H3,22,27,28,32)/t7-,8-,9-,10-,11-,14+,19-,41?,42?/m1/s1. The summed E-state index contributed by atoms with van der Waals surface area (Å²) in [5.41, 5.74) is 4.71. The van der Waals surface area contributed by atoms with Crippen LogP contribution in [0.15, 0.2) is 28.6 Å². The number of fused-ring (bicyclic) bond motifs is 5. The Bertz CT molecular complexity index is 1970. The lowest BCUT2D eigenvalue weighted by Crippen LogP contribution is -2.32. The summed E-state index contributed by atoms with van der Waals surface area (Å²) in [7, 11) is 0. The van der Waals surface area contributed by atoms with Crippen LogP contribution in [0.3, 0.4) is 0 Å². The number of alkyl halides is 1. The first kappa shape index (κ1) is 30.1. The van der Waals surface area contributed by atoms with E-state index >= 15 is 4.39 Å². The Labute approximate surface area is 253 Å². The number of H-pyrrole nitrogens is 2. The molecule has 44 heavy (non-hydrogen) atoms. The smallest absolute Gasteiger partial charge is 0.325 e. The predicted octanol–water partition coefficient (Wildman–Crippen LogP) is -0.391. The summed E-state index contributed by atoms with van der Waals surface area (Å²) in [5.74, 6) is -0.233. The number of nitrogens with two attached hydrogens (primary N) is 1. The van der Waals surface area contributed by atoms with Gasteiger partial charge in [0.1, 0.15) is 24.5 Å². The highest BCUT2D eigenvalue weighted by molar-refractivity contribution is 8.07. The van der Waals surface area contributed by atoms with Crippen molar-refractivity contribution in [2.45, 2.75) is 49.5 Å². The second kappa shape index (κ2) is 11.0. The van der Waals surface area contributed by atoms with Crippen LogP contribution in [0.4, 0.5) is 10.3 Å². The van der Waals surface area contributed by atoms with Crippen LogP contribution in [0.5, 0.6) is 0 Å². The van der Waals surface area contributed by atoms with Crippen LogP contribution < -0.4 is 16.9 Å². The molecule has 0 spiro atoms. The number of aromatic nitrogens is 8. The van der Waals surface area contributed by atoms with E-state index in [0.29, 0.717) is 0 Å². The Morgan fingerprint density at radius 1 is 0.932 bits per heavy atom. The number of nitrogen functional groups attached to an aromatic ring is 1. The molecular formula is C20H22FN9O10P2S2. The number of halogens is 1. The summed E-state index contributed by atoms with van der Waals surface area (Å²) < 4.78 is 52.9. The van der Waals surface area contributed by atoms with Crippen LogP contribution in [-0.4, -0.2) is 92.6 Å². The molecule has 3 aliphatic rings. The molecule has 3 fully saturated rings. The fourth-order valence-corrected chi connectivity index (χ4v) is 8.10. The number of nitrogens with one attached hydrogen (secondary N) is 2. The number of rotatable bonds is 2. The fourth-order valence-electron chi connectivity index (χ4n) is 5.22. The summed E-state index contributed by atoms with van der Waals surface area (Å²) in [6.07, 6.45) is -5.42. The number of hydrogen-bond donors (Lipinski definition) is 5. The number of anilines is 1. The molecule has 0 radical (unpaired) electrons. The maximum absolute atomic E-state index is 15.8. The number of ether oxygens (including phenoxy) is 2. The molecule has 0 aromatic carbocycles. The van der Waals surface area contributed by atoms with E-state index in [1.165, 1.54) is 21.8 Å². The first-order valence-corrected chi connectivity index (χ1v) is 18.0. The number of imidazole rings is 2. The molecule has 236 valence electrons. The Kier molecular flexibility index (Phi) is 7.55. The van der Waals surface area contributed by atoms with E-state index in [1.807, 2.05) is 0 Å².